The van der Waals surface area contributed by atoms with Crippen LogP contribution in [0, 0.1) is 0 Å². The Kier molecular flexibility index (Phi) is 2.77. The van der Waals surface area contributed by atoms with E-state index >= 15 is 0 Å². The minimum atomic E-state index is -0.906. The molecule has 5 heteroatoms. The van der Waals surface area contributed by atoms with Gasteiger partial charge < -0.3 is 19.7 Å². The lowest BCUT2D eigenvalue weighted by Gasteiger charge is -2.33. The number of aliphatic carboxylic acids is 1. The van der Waals surface area contributed by atoms with Crippen LogP contribution in [0.25, 0.3) is 0 Å². The lowest BCUT2D eigenvalue weighted by atomic mass is 9.69. The van der Waals surface area contributed by atoms with Crippen molar-refractivity contribution in [3.63, 3.8) is 0 Å². The molecule has 1 fully saturated rings. The number of aromatic hydroxyl groups is 1. The first kappa shape index (κ1) is 12.1. The zero-order valence-corrected chi connectivity index (χ0v) is 10.5. The van der Waals surface area contributed by atoms with Gasteiger partial charge in [0.2, 0.25) is 12.5 Å². The number of hydrogen-bond donors (Lipinski definition) is 2. The van der Waals surface area contributed by atoms with Gasteiger partial charge in [-0.15, -0.1) is 0 Å². The van der Waals surface area contributed by atoms with Crippen LogP contribution < -0.4 is 9.47 Å². The first-order chi connectivity index (χ1) is 9.13. The lowest BCUT2D eigenvalue weighted by molar-refractivity contribution is -0.145. The topological polar surface area (TPSA) is 76.0 Å². The summed E-state index contributed by atoms with van der Waals surface area (Å²) in [5.74, 6) is -0.136. The second kappa shape index (κ2) is 4.33. The number of phenols is 1. The molecule has 0 saturated heterocycles. The van der Waals surface area contributed by atoms with E-state index in [1.54, 1.807) is 6.07 Å². The molecule has 1 heterocycles. The first-order valence-corrected chi connectivity index (χ1v) is 6.50. The summed E-state index contributed by atoms with van der Waals surface area (Å²) in [5.41, 5.74) is -0.294. The highest BCUT2D eigenvalue weighted by molar-refractivity contribution is 5.82. The summed E-state index contributed by atoms with van der Waals surface area (Å²) >= 11 is 0. The summed E-state index contributed by atoms with van der Waals surface area (Å²) in [5, 5.41) is 19.6. The van der Waals surface area contributed by atoms with Crippen molar-refractivity contribution in [1.29, 1.82) is 0 Å². The van der Waals surface area contributed by atoms with Crippen LogP contribution in [0.1, 0.15) is 37.7 Å². The third-order valence-electron chi connectivity index (χ3n) is 4.12. The summed E-state index contributed by atoms with van der Waals surface area (Å²) in [6.07, 6.45) is 4.04. The number of fused-ring (bicyclic) bond motifs is 1. The maximum atomic E-state index is 11.7. The standard InChI is InChI=1S/C14H16O5/c15-10-6-9(7-11-12(10)19-8-18-11)14(13(16)17)4-2-1-3-5-14/h6-7,15H,1-5,8H2,(H,16,17). The molecule has 102 valence electrons. The van der Waals surface area contributed by atoms with E-state index in [9.17, 15) is 15.0 Å². The van der Waals surface area contributed by atoms with Crippen LogP contribution >= 0.6 is 0 Å². The molecule has 2 N–H and O–H groups in total. The molecule has 1 aliphatic heterocycles. The van der Waals surface area contributed by atoms with Crippen molar-refractivity contribution in [2.45, 2.75) is 37.5 Å². The van der Waals surface area contributed by atoms with E-state index in [0.717, 1.165) is 19.3 Å². The highest BCUT2D eigenvalue weighted by Crippen LogP contribution is 2.47. The molecule has 1 saturated carbocycles. The van der Waals surface area contributed by atoms with Crippen LogP contribution in [0.15, 0.2) is 12.1 Å². The average Bonchev–Trinajstić information content (AvgIpc) is 2.88. The fraction of sp³-hybridized carbons (Fsp3) is 0.500. The van der Waals surface area contributed by atoms with Gasteiger partial charge in [0.25, 0.3) is 0 Å². The molecular formula is C14H16O5. The van der Waals surface area contributed by atoms with Crippen molar-refractivity contribution in [1.82, 2.24) is 0 Å². The molecule has 0 unspecified atom stereocenters. The maximum absolute atomic E-state index is 11.7. The minimum Gasteiger partial charge on any atom is -0.504 e. The Hall–Kier alpha value is -1.91. The zero-order chi connectivity index (χ0) is 13.5. The summed E-state index contributed by atoms with van der Waals surface area (Å²) in [6, 6.07) is 3.20. The first-order valence-electron chi connectivity index (χ1n) is 6.50. The van der Waals surface area contributed by atoms with E-state index in [1.807, 2.05) is 0 Å². The monoisotopic (exact) mass is 264 g/mol. The number of rotatable bonds is 2. The molecule has 1 aromatic rings. The number of ether oxygens (including phenoxy) is 2. The number of benzene rings is 1. The van der Waals surface area contributed by atoms with Gasteiger partial charge in [-0.2, -0.15) is 0 Å². The highest BCUT2D eigenvalue weighted by atomic mass is 16.7. The Morgan fingerprint density at radius 2 is 1.89 bits per heavy atom. The largest absolute Gasteiger partial charge is 0.504 e. The molecule has 0 atom stereocenters. The van der Waals surface area contributed by atoms with E-state index in [-0.39, 0.29) is 12.5 Å². The van der Waals surface area contributed by atoms with Crippen molar-refractivity contribution in [2.75, 3.05) is 6.79 Å². The molecule has 1 aromatic carbocycles. The maximum Gasteiger partial charge on any atom is 0.314 e. The molecular weight excluding hydrogens is 248 g/mol. The summed E-state index contributed by atoms with van der Waals surface area (Å²) in [4.78, 5) is 11.7. The number of hydrogen-bond acceptors (Lipinski definition) is 4. The Balaban J connectivity index is 2.08. The normalized spacial score (nSPS) is 20.2. The average molecular weight is 264 g/mol. The van der Waals surface area contributed by atoms with Crippen LogP contribution in [0.2, 0.25) is 0 Å². The molecule has 19 heavy (non-hydrogen) atoms. The van der Waals surface area contributed by atoms with E-state index < -0.39 is 11.4 Å². The number of carboxylic acids is 1. The van der Waals surface area contributed by atoms with Gasteiger partial charge in [-0.25, -0.2) is 0 Å². The number of phenolic OH excluding ortho intramolecular Hbond substituents is 1. The second-order valence-electron chi connectivity index (χ2n) is 5.18. The van der Waals surface area contributed by atoms with E-state index in [0.29, 0.717) is 29.9 Å². The number of carbonyl (C=O) groups is 1. The predicted octanol–water partition coefficient (Wildman–Crippen LogP) is 2.41. The SMILES string of the molecule is O=C(O)C1(c2cc(O)c3c(c2)OCO3)CCCCC1. The van der Waals surface area contributed by atoms with Gasteiger partial charge in [-0.3, -0.25) is 4.79 Å². The third kappa shape index (κ3) is 1.80. The van der Waals surface area contributed by atoms with Gasteiger partial charge in [0, 0.05) is 0 Å². The molecule has 0 spiro atoms. The van der Waals surface area contributed by atoms with Crippen molar-refractivity contribution in [3.05, 3.63) is 17.7 Å². The summed E-state index contributed by atoms with van der Waals surface area (Å²) < 4.78 is 10.4. The van der Waals surface area contributed by atoms with E-state index in [1.165, 1.54) is 6.07 Å². The summed E-state index contributed by atoms with van der Waals surface area (Å²) in [7, 11) is 0. The lowest BCUT2D eigenvalue weighted by Crippen LogP contribution is -2.37. The van der Waals surface area contributed by atoms with Crippen LogP contribution in [0.5, 0.6) is 17.2 Å². The predicted molar refractivity (Wildman–Crippen MR) is 66.6 cm³/mol. The smallest absolute Gasteiger partial charge is 0.314 e. The van der Waals surface area contributed by atoms with E-state index in [2.05, 4.69) is 0 Å². The Morgan fingerprint density at radius 1 is 1.16 bits per heavy atom. The Bertz CT molecular complexity index is 517. The molecule has 0 amide bonds. The van der Waals surface area contributed by atoms with Crippen molar-refractivity contribution >= 4 is 5.97 Å². The van der Waals surface area contributed by atoms with Gasteiger partial charge in [0.1, 0.15) is 0 Å². The summed E-state index contributed by atoms with van der Waals surface area (Å²) in [6.45, 7) is 0.0619. The minimum absolute atomic E-state index is 0.0452. The van der Waals surface area contributed by atoms with E-state index in [4.69, 9.17) is 9.47 Å². The second-order valence-corrected chi connectivity index (χ2v) is 5.18. The van der Waals surface area contributed by atoms with Gasteiger partial charge in [0.15, 0.2) is 11.5 Å². The van der Waals surface area contributed by atoms with Gasteiger partial charge in [-0.05, 0) is 30.5 Å². The number of carboxylic acid groups (broad SMARTS) is 1. The Morgan fingerprint density at radius 3 is 2.58 bits per heavy atom. The van der Waals surface area contributed by atoms with Crippen LogP contribution in [0.4, 0.5) is 0 Å². The molecule has 0 bridgehead atoms. The molecule has 5 nitrogen and oxygen atoms in total. The quantitative estimate of drug-likeness (QED) is 0.857. The fourth-order valence-electron chi connectivity index (χ4n) is 3.05. The van der Waals surface area contributed by atoms with Crippen molar-refractivity contribution in [2.24, 2.45) is 0 Å². The molecule has 1 aliphatic carbocycles. The molecule has 2 aliphatic rings. The van der Waals surface area contributed by atoms with Crippen molar-refractivity contribution < 1.29 is 24.5 Å². The van der Waals surface area contributed by atoms with Crippen molar-refractivity contribution in [3.8, 4) is 17.2 Å². The molecule has 0 radical (unpaired) electrons. The van der Waals surface area contributed by atoms with Crippen LogP contribution in [-0.4, -0.2) is 23.0 Å². The van der Waals surface area contributed by atoms with Gasteiger partial charge in [-0.1, -0.05) is 19.3 Å². The molecule has 3 rings (SSSR count). The fourth-order valence-corrected chi connectivity index (χ4v) is 3.05. The van der Waals surface area contributed by atoms with Gasteiger partial charge in [0.05, 0.1) is 5.41 Å². The third-order valence-corrected chi connectivity index (χ3v) is 4.12. The Labute approximate surface area is 110 Å². The van der Waals surface area contributed by atoms with Crippen LogP contribution in [-0.2, 0) is 10.2 Å². The van der Waals surface area contributed by atoms with Crippen LogP contribution in [0.3, 0.4) is 0 Å². The molecule has 0 aromatic heterocycles. The zero-order valence-electron chi connectivity index (χ0n) is 10.5. The highest BCUT2D eigenvalue weighted by Gasteiger charge is 2.42. The van der Waals surface area contributed by atoms with Gasteiger partial charge >= 0.3 is 5.97 Å².